The summed E-state index contributed by atoms with van der Waals surface area (Å²) in [5.74, 6) is 0.745. The van der Waals surface area contributed by atoms with Crippen LogP contribution in [0.2, 0.25) is 0 Å². The van der Waals surface area contributed by atoms with Gasteiger partial charge in [0.15, 0.2) is 0 Å². The Hall–Kier alpha value is 0.0364. The Kier molecular flexibility index (Phi) is 7.34. The summed E-state index contributed by atoms with van der Waals surface area (Å²) in [7, 11) is -3.68. The summed E-state index contributed by atoms with van der Waals surface area (Å²) in [6, 6.07) is 1.71. The first-order chi connectivity index (χ1) is 14.0. The van der Waals surface area contributed by atoms with Crippen LogP contribution in [0.25, 0.3) is 0 Å². The third-order valence-corrected chi connectivity index (χ3v) is 8.79. The fraction of sp³-hybridized carbons (Fsp3) is 0.682. The molecule has 1 aliphatic heterocycles. The number of anilines is 1. The van der Waals surface area contributed by atoms with Crippen LogP contribution in [0.1, 0.15) is 60.8 Å². The summed E-state index contributed by atoms with van der Waals surface area (Å²) in [5, 5.41) is 2.44. The number of carbonyl (C=O) groups excluding carboxylic acids is 1. The zero-order valence-electron chi connectivity index (χ0n) is 18.0. The molecule has 1 saturated carbocycles. The third-order valence-electron chi connectivity index (χ3n) is 7.06. The van der Waals surface area contributed by atoms with Gasteiger partial charge in [0.25, 0.3) is 0 Å². The zero-order chi connectivity index (χ0) is 20.0. The van der Waals surface area contributed by atoms with Crippen molar-refractivity contribution in [2.75, 3.05) is 25.0 Å². The maximum Gasteiger partial charge on any atom is 0.332 e. The van der Waals surface area contributed by atoms with E-state index in [0.717, 1.165) is 69.6 Å². The molecule has 1 aromatic rings. The molecule has 2 N–H and O–H groups in total. The van der Waals surface area contributed by atoms with Crippen LogP contribution in [0.4, 0.5) is 10.5 Å². The number of carbonyl (C=O) groups is 1. The maximum absolute atomic E-state index is 12.9. The van der Waals surface area contributed by atoms with Crippen molar-refractivity contribution in [2.45, 2.75) is 69.5 Å². The van der Waals surface area contributed by atoms with Crippen LogP contribution in [0.3, 0.4) is 0 Å². The maximum atomic E-state index is 12.9. The summed E-state index contributed by atoms with van der Waals surface area (Å²) in [6.45, 7) is 2.51. The second-order valence-corrected chi connectivity index (χ2v) is 11.3. The zero-order valence-corrected chi connectivity index (χ0v) is 21.9. The van der Waals surface area contributed by atoms with Gasteiger partial charge in [0.1, 0.15) is 0 Å². The molecule has 2 amide bonds. The van der Waals surface area contributed by atoms with E-state index in [1.807, 2.05) is 0 Å². The summed E-state index contributed by atoms with van der Waals surface area (Å²) in [6.07, 6.45) is 10.3. The molecule has 159 valence electrons. The van der Waals surface area contributed by atoms with Crippen molar-refractivity contribution in [3.8, 4) is 0 Å². The number of hydrogen-bond donors (Lipinski definition) is 2. The number of amides is 2. The smallest absolute Gasteiger partial charge is 0.307 e. The van der Waals surface area contributed by atoms with E-state index in [0.29, 0.717) is 13.0 Å². The van der Waals surface area contributed by atoms with Crippen molar-refractivity contribution >= 4 is 73.1 Å². The molecule has 0 aromatic heterocycles. The van der Waals surface area contributed by atoms with E-state index in [-0.39, 0.29) is 51.4 Å². The summed E-state index contributed by atoms with van der Waals surface area (Å²) in [4.78, 5) is 15.0. The monoisotopic (exact) mass is 456 g/mol. The van der Waals surface area contributed by atoms with Crippen molar-refractivity contribution in [1.29, 1.82) is 0 Å². The van der Waals surface area contributed by atoms with Gasteiger partial charge >= 0.3 is 6.03 Å². The molecule has 3 aliphatic carbocycles. The number of likely N-dealkylation sites (tertiary alicyclic amines) is 1. The van der Waals surface area contributed by atoms with Gasteiger partial charge in [-0.3, -0.25) is 0 Å². The Balaban J connectivity index is 0.00000218. The minimum absolute atomic E-state index is 0. The van der Waals surface area contributed by atoms with Gasteiger partial charge in [-0.05, 0) is 98.9 Å². The molecule has 1 unspecified atom stereocenters. The molecule has 1 radical (unpaired) electrons. The summed E-state index contributed by atoms with van der Waals surface area (Å²) >= 11 is 0. The quantitative estimate of drug-likeness (QED) is 0.668. The number of nitrogens with zero attached hydrogens (tertiary/aromatic N) is 1. The number of nitrogens with one attached hydrogen (secondary N) is 2. The molecule has 1 aromatic carbocycles. The molecule has 30 heavy (non-hydrogen) atoms. The van der Waals surface area contributed by atoms with Gasteiger partial charge in [0, 0.05) is 70.2 Å². The SMILES string of the molecule is O=C(Nc1c2c(cc3c1CCC3)CCC2)NS(=O)(=O)C1CCCN(CC2CC2)C1.[K]. The van der Waals surface area contributed by atoms with E-state index in [1.165, 1.54) is 35.1 Å². The fourth-order valence-corrected chi connectivity index (χ4v) is 6.78. The Labute approximate surface area is 222 Å². The first kappa shape index (κ1) is 23.2. The van der Waals surface area contributed by atoms with Gasteiger partial charge in [-0.25, -0.2) is 17.9 Å². The van der Waals surface area contributed by atoms with Crippen molar-refractivity contribution in [1.82, 2.24) is 9.62 Å². The van der Waals surface area contributed by atoms with Crippen LogP contribution >= 0.6 is 0 Å². The first-order valence-electron chi connectivity index (χ1n) is 11.2. The van der Waals surface area contributed by atoms with E-state index in [4.69, 9.17) is 0 Å². The summed E-state index contributed by atoms with van der Waals surface area (Å²) in [5.41, 5.74) is 5.97. The second kappa shape index (κ2) is 9.49. The van der Waals surface area contributed by atoms with Crippen LogP contribution in [0, 0.1) is 5.92 Å². The summed E-state index contributed by atoms with van der Waals surface area (Å²) < 4.78 is 28.1. The van der Waals surface area contributed by atoms with Gasteiger partial charge in [0.2, 0.25) is 10.0 Å². The first-order valence-corrected chi connectivity index (χ1v) is 12.8. The average molecular weight is 457 g/mol. The number of urea groups is 1. The Morgan fingerprint density at radius 2 is 1.67 bits per heavy atom. The molecule has 8 heteroatoms. The number of fused-ring (bicyclic) bond motifs is 2. The van der Waals surface area contributed by atoms with E-state index in [1.54, 1.807) is 0 Å². The van der Waals surface area contributed by atoms with Crippen molar-refractivity contribution in [2.24, 2.45) is 5.92 Å². The standard InChI is InChI=1S/C22H31N3O3S.K/c26-22(23-21-19-7-1-4-16(19)12-17-5-2-8-20(17)21)24-29(27,28)18-6-3-11-25(14-18)13-15-9-10-15;/h12,15,18H,1-11,13-14H2,(H2,23,24,26);. The second-order valence-electron chi connectivity index (χ2n) is 9.30. The minimum atomic E-state index is -3.68. The Morgan fingerprint density at radius 3 is 2.30 bits per heavy atom. The average Bonchev–Trinajstić information content (AvgIpc) is 3.16. The van der Waals surface area contributed by atoms with Crippen molar-refractivity contribution < 1.29 is 13.2 Å². The molecule has 1 saturated heterocycles. The van der Waals surface area contributed by atoms with Gasteiger partial charge in [-0.2, -0.15) is 0 Å². The number of aryl methyl sites for hydroxylation is 2. The topological polar surface area (TPSA) is 78.5 Å². The largest absolute Gasteiger partial charge is 0.332 e. The number of hydrogen-bond acceptors (Lipinski definition) is 4. The number of sulfonamides is 1. The van der Waals surface area contributed by atoms with Gasteiger partial charge in [-0.1, -0.05) is 6.07 Å². The third kappa shape index (κ3) is 5.00. The molecule has 0 bridgehead atoms. The van der Waals surface area contributed by atoms with Crippen LogP contribution in [-0.2, 0) is 35.7 Å². The predicted molar refractivity (Wildman–Crippen MR) is 120 cm³/mol. The van der Waals surface area contributed by atoms with Gasteiger partial charge < -0.3 is 10.2 Å². The van der Waals surface area contributed by atoms with Crippen LogP contribution < -0.4 is 10.0 Å². The van der Waals surface area contributed by atoms with E-state index in [9.17, 15) is 13.2 Å². The van der Waals surface area contributed by atoms with Crippen LogP contribution in [0.5, 0.6) is 0 Å². The van der Waals surface area contributed by atoms with Crippen LogP contribution in [-0.4, -0.2) is 95.6 Å². The van der Waals surface area contributed by atoms with Crippen molar-refractivity contribution in [3.05, 3.63) is 28.3 Å². The Bertz CT molecular complexity index is 898. The molecular weight excluding hydrogens is 425 g/mol. The van der Waals surface area contributed by atoms with E-state index in [2.05, 4.69) is 21.0 Å². The van der Waals surface area contributed by atoms with Gasteiger partial charge in [0.05, 0.1) is 5.25 Å². The molecule has 6 nitrogen and oxygen atoms in total. The van der Waals surface area contributed by atoms with E-state index >= 15 is 0 Å². The number of rotatable bonds is 5. The minimum Gasteiger partial charge on any atom is -0.307 e. The number of piperidine rings is 1. The van der Waals surface area contributed by atoms with Gasteiger partial charge in [-0.15, -0.1) is 0 Å². The molecule has 2 fully saturated rings. The van der Waals surface area contributed by atoms with Crippen molar-refractivity contribution in [3.63, 3.8) is 0 Å². The normalized spacial score (nSPS) is 23.4. The Morgan fingerprint density at radius 1 is 1.00 bits per heavy atom. The van der Waals surface area contributed by atoms with E-state index < -0.39 is 21.3 Å². The molecule has 5 rings (SSSR count). The fourth-order valence-electron chi connectivity index (χ4n) is 5.42. The predicted octanol–water partition coefficient (Wildman–Crippen LogP) is 2.61. The molecule has 4 aliphatic rings. The van der Waals surface area contributed by atoms with Crippen LogP contribution in [0.15, 0.2) is 6.07 Å². The molecule has 1 heterocycles. The molecule has 0 spiro atoms. The molecular formula is C22H31KN3O3S. The molecule has 1 atom stereocenters. The number of benzene rings is 1.